The lowest BCUT2D eigenvalue weighted by Crippen LogP contribution is -2.39. The molecule has 3 rings (SSSR count). The zero-order chi connectivity index (χ0) is 18.0. The number of rotatable bonds is 8. The molecule has 26 heavy (non-hydrogen) atoms. The summed E-state index contributed by atoms with van der Waals surface area (Å²) in [5, 5.41) is 8.98. The standard InChI is InChI=1S/C20H31N5S/c1-2-21-20(22-9-14-24-10-3-4-11-24)23-16-18-7-12-25(13-8-18)17-19-6-5-15-26-19/h3-6,10-11,15,18H,2,7-9,12-14,16-17H2,1H3,(H2,21,22,23). The smallest absolute Gasteiger partial charge is 0.191 e. The van der Waals surface area contributed by atoms with Crippen LogP contribution in [0.2, 0.25) is 0 Å². The largest absolute Gasteiger partial charge is 0.357 e. The lowest BCUT2D eigenvalue weighted by molar-refractivity contribution is 0.182. The molecular weight excluding hydrogens is 342 g/mol. The predicted octanol–water partition coefficient (Wildman–Crippen LogP) is 3.02. The summed E-state index contributed by atoms with van der Waals surface area (Å²) in [6.07, 6.45) is 6.68. The molecule has 1 fully saturated rings. The second kappa shape index (κ2) is 10.4. The maximum Gasteiger partial charge on any atom is 0.191 e. The van der Waals surface area contributed by atoms with Gasteiger partial charge in [-0.1, -0.05) is 6.07 Å². The van der Waals surface area contributed by atoms with E-state index in [1.807, 2.05) is 11.3 Å². The Morgan fingerprint density at radius 2 is 2.00 bits per heavy atom. The van der Waals surface area contributed by atoms with Crippen LogP contribution in [-0.4, -0.2) is 48.2 Å². The predicted molar refractivity (Wildman–Crippen MR) is 111 cm³/mol. The van der Waals surface area contributed by atoms with Crippen molar-refractivity contribution in [2.45, 2.75) is 32.9 Å². The molecule has 5 nitrogen and oxygen atoms in total. The topological polar surface area (TPSA) is 44.6 Å². The molecule has 0 saturated carbocycles. The van der Waals surface area contributed by atoms with Crippen molar-refractivity contribution in [1.29, 1.82) is 0 Å². The average Bonchev–Trinajstić information content (AvgIpc) is 3.35. The van der Waals surface area contributed by atoms with Gasteiger partial charge in [-0.3, -0.25) is 9.89 Å². The molecule has 2 N–H and O–H groups in total. The molecule has 0 spiro atoms. The number of hydrogen-bond acceptors (Lipinski definition) is 3. The van der Waals surface area contributed by atoms with E-state index < -0.39 is 0 Å². The normalized spacial score (nSPS) is 16.7. The van der Waals surface area contributed by atoms with Gasteiger partial charge in [0.1, 0.15) is 0 Å². The van der Waals surface area contributed by atoms with Gasteiger partial charge in [0.2, 0.25) is 0 Å². The highest BCUT2D eigenvalue weighted by molar-refractivity contribution is 7.09. The van der Waals surface area contributed by atoms with E-state index in [2.05, 4.69) is 69.1 Å². The Labute approximate surface area is 161 Å². The summed E-state index contributed by atoms with van der Waals surface area (Å²) in [4.78, 5) is 8.88. The summed E-state index contributed by atoms with van der Waals surface area (Å²) in [5.74, 6) is 1.65. The van der Waals surface area contributed by atoms with Crippen LogP contribution in [0.5, 0.6) is 0 Å². The molecule has 0 aromatic carbocycles. The number of nitrogens with one attached hydrogen (secondary N) is 2. The van der Waals surface area contributed by atoms with Crippen molar-refractivity contribution >= 4 is 17.3 Å². The van der Waals surface area contributed by atoms with Gasteiger partial charge in [0.05, 0.1) is 0 Å². The molecule has 0 atom stereocenters. The third-order valence-corrected chi connectivity index (χ3v) is 5.71. The van der Waals surface area contributed by atoms with E-state index in [1.165, 1.54) is 30.8 Å². The van der Waals surface area contributed by atoms with Gasteiger partial charge in [0.25, 0.3) is 0 Å². The second-order valence-corrected chi connectivity index (χ2v) is 7.90. The van der Waals surface area contributed by atoms with Gasteiger partial charge in [-0.15, -0.1) is 11.3 Å². The Kier molecular flexibility index (Phi) is 7.58. The molecule has 1 saturated heterocycles. The third kappa shape index (κ3) is 6.18. The second-order valence-electron chi connectivity index (χ2n) is 6.87. The van der Waals surface area contributed by atoms with Crippen molar-refractivity contribution in [3.8, 4) is 0 Å². The molecule has 1 aliphatic rings. The van der Waals surface area contributed by atoms with E-state index in [9.17, 15) is 0 Å². The monoisotopic (exact) mass is 373 g/mol. The van der Waals surface area contributed by atoms with Gasteiger partial charge >= 0.3 is 0 Å². The fourth-order valence-corrected chi connectivity index (χ4v) is 4.08. The minimum absolute atomic E-state index is 0.703. The Morgan fingerprint density at radius 3 is 2.69 bits per heavy atom. The number of guanidine groups is 1. The Hall–Kier alpha value is -1.79. The van der Waals surface area contributed by atoms with Crippen LogP contribution in [0, 0.1) is 5.92 Å². The SMILES string of the molecule is CCNC(=NCC1CCN(Cc2cccs2)CC1)NCCn1cccc1. The van der Waals surface area contributed by atoms with E-state index >= 15 is 0 Å². The summed E-state index contributed by atoms with van der Waals surface area (Å²) in [7, 11) is 0. The molecule has 0 unspecified atom stereocenters. The van der Waals surface area contributed by atoms with E-state index in [-0.39, 0.29) is 0 Å². The number of aromatic nitrogens is 1. The summed E-state index contributed by atoms with van der Waals surface area (Å²) < 4.78 is 2.18. The van der Waals surface area contributed by atoms with Crippen LogP contribution in [-0.2, 0) is 13.1 Å². The minimum atomic E-state index is 0.703. The quantitative estimate of drug-likeness (QED) is 0.552. The van der Waals surface area contributed by atoms with Crippen LogP contribution >= 0.6 is 11.3 Å². The molecule has 0 amide bonds. The summed E-state index contributed by atoms with van der Waals surface area (Å²) in [5.41, 5.74) is 0. The summed E-state index contributed by atoms with van der Waals surface area (Å²) >= 11 is 1.86. The van der Waals surface area contributed by atoms with Crippen LogP contribution in [0.3, 0.4) is 0 Å². The third-order valence-electron chi connectivity index (χ3n) is 4.85. The number of hydrogen-bond donors (Lipinski definition) is 2. The highest BCUT2D eigenvalue weighted by Gasteiger charge is 2.19. The zero-order valence-electron chi connectivity index (χ0n) is 15.7. The molecule has 1 aliphatic heterocycles. The molecule has 2 aromatic rings. The molecule has 0 radical (unpaired) electrons. The number of aliphatic imine (C=N–C) groups is 1. The van der Waals surface area contributed by atoms with Crippen LogP contribution in [0.25, 0.3) is 0 Å². The Balaban J connectivity index is 1.38. The van der Waals surface area contributed by atoms with Crippen LogP contribution in [0.4, 0.5) is 0 Å². The van der Waals surface area contributed by atoms with E-state index in [0.29, 0.717) is 5.92 Å². The summed E-state index contributed by atoms with van der Waals surface area (Å²) in [6.45, 7) is 9.27. The number of nitrogens with zero attached hydrogens (tertiary/aromatic N) is 3. The first-order valence-electron chi connectivity index (χ1n) is 9.71. The molecule has 0 bridgehead atoms. The first-order valence-corrected chi connectivity index (χ1v) is 10.6. The average molecular weight is 374 g/mol. The molecule has 6 heteroatoms. The van der Waals surface area contributed by atoms with Crippen molar-refractivity contribution < 1.29 is 0 Å². The van der Waals surface area contributed by atoms with Crippen LogP contribution in [0.15, 0.2) is 47.0 Å². The van der Waals surface area contributed by atoms with Crippen molar-refractivity contribution in [1.82, 2.24) is 20.1 Å². The molecule has 142 valence electrons. The van der Waals surface area contributed by atoms with Crippen LogP contribution in [0.1, 0.15) is 24.6 Å². The molecule has 0 aliphatic carbocycles. The van der Waals surface area contributed by atoms with E-state index in [4.69, 9.17) is 4.99 Å². The highest BCUT2D eigenvalue weighted by Crippen LogP contribution is 2.20. The number of piperidine rings is 1. The first kappa shape index (κ1) is 19.0. The van der Waals surface area contributed by atoms with Gasteiger partial charge < -0.3 is 15.2 Å². The van der Waals surface area contributed by atoms with Gasteiger partial charge in [-0.05, 0) is 62.4 Å². The van der Waals surface area contributed by atoms with Crippen molar-refractivity contribution in [3.05, 3.63) is 46.9 Å². The van der Waals surface area contributed by atoms with E-state index in [0.717, 1.165) is 38.7 Å². The van der Waals surface area contributed by atoms with E-state index in [1.54, 1.807) is 0 Å². The minimum Gasteiger partial charge on any atom is -0.357 e. The van der Waals surface area contributed by atoms with Crippen molar-refractivity contribution in [2.75, 3.05) is 32.7 Å². The maximum atomic E-state index is 4.83. The van der Waals surface area contributed by atoms with Crippen molar-refractivity contribution in [2.24, 2.45) is 10.9 Å². The highest BCUT2D eigenvalue weighted by atomic mass is 32.1. The van der Waals surface area contributed by atoms with Gasteiger partial charge in [-0.25, -0.2) is 0 Å². The molecule has 3 heterocycles. The molecule has 2 aromatic heterocycles. The number of thiophene rings is 1. The fraction of sp³-hybridized carbons (Fsp3) is 0.550. The Morgan fingerprint density at radius 1 is 1.19 bits per heavy atom. The maximum absolute atomic E-state index is 4.83. The summed E-state index contributed by atoms with van der Waals surface area (Å²) in [6, 6.07) is 8.50. The van der Waals surface area contributed by atoms with Crippen molar-refractivity contribution in [3.63, 3.8) is 0 Å². The number of likely N-dealkylation sites (tertiary alicyclic amines) is 1. The Bertz CT molecular complexity index is 627. The lowest BCUT2D eigenvalue weighted by atomic mass is 9.97. The van der Waals surface area contributed by atoms with Gasteiger partial charge in [-0.2, -0.15) is 0 Å². The fourth-order valence-electron chi connectivity index (χ4n) is 3.33. The van der Waals surface area contributed by atoms with Gasteiger partial charge in [0.15, 0.2) is 5.96 Å². The zero-order valence-corrected chi connectivity index (χ0v) is 16.5. The van der Waals surface area contributed by atoms with Gasteiger partial charge in [0, 0.05) is 50.0 Å². The van der Waals surface area contributed by atoms with Crippen LogP contribution < -0.4 is 10.6 Å². The first-order chi connectivity index (χ1) is 12.8. The molecular formula is C20H31N5S. The lowest BCUT2D eigenvalue weighted by Gasteiger charge is -2.31.